The Kier molecular flexibility index (Phi) is 8.01. The highest BCUT2D eigenvalue weighted by atomic mass is 16.5. The number of imide groups is 1. The first-order chi connectivity index (χ1) is 15.8. The first kappa shape index (κ1) is 24.2. The number of amides is 3. The van der Waals surface area contributed by atoms with E-state index >= 15 is 0 Å². The topological polar surface area (TPSA) is 79.0 Å². The normalized spacial score (nSPS) is 13.8. The van der Waals surface area contributed by atoms with Crippen LogP contribution in [0.4, 0.5) is 5.69 Å². The Morgan fingerprint density at radius 3 is 2.27 bits per heavy atom. The van der Waals surface area contributed by atoms with Crippen molar-refractivity contribution in [3.05, 3.63) is 71.4 Å². The molecule has 0 spiro atoms. The Morgan fingerprint density at radius 2 is 1.70 bits per heavy atom. The van der Waals surface area contributed by atoms with Gasteiger partial charge in [-0.1, -0.05) is 42.5 Å². The molecule has 33 heavy (non-hydrogen) atoms. The Morgan fingerprint density at radius 1 is 1.03 bits per heavy atom. The fourth-order valence-electron chi connectivity index (χ4n) is 3.78. The molecular weight excluding hydrogens is 418 g/mol. The van der Waals surface area contributed by atoms with Crippen molar-refractivity contribution in [2.24, 2.45) is 0 Å². The number of hydrogen-bond donors (Lipinski definition) is 1. The minimum atomic E-state index is -0.332. The molecule has 7 heteroatoms. The first-order valence-corrected chi connectivity index (χ1v) is 11.2. The number of hydrogen-bond acceptors (Lipinski definition) is 5. The van der Waals surface area contributed by atoms with Crippen LogP contribution in [0.2, 0.25) is 0 Å². The molecule has 1 aliphatic heterocycles. The molecule has 1 N–H and O–H groups in total. The third-order valence-corrected chi connectivity index (χ3v) is 5.32. The van der Waals surface area contributed by atoms with Gasteiger partial charge in [0.05, 0.1) is 24.8 Å². The average Bonchev–Trinajstić information content (AvgIpc) is 3.03. The van der Waals surface area contributed by atoms with E-state index in [-0.39, 0.29) is 37.0 Å². The summed E-state index contributed by atoms with van der Waals surface area (Å²) in [5, 5.41) is 2.72. The van der Waals surface area contributed by atoms with E-state index < -0.39 is 0 Å². The van der Waals surface area contributed by atoms with Gasteiger partial charge in [-0.05, 0) is 44.0 Å². The lowest BCUT2D eigenvalue weighted by atomic mass is 10.0. The van der Waals surface area contributed by atoms with E-state index in [1.54, 1.807) is 24.3 Å². The van der Waals surface area contributed by atoms with Crippen LogP contribution in [0.15, 0.2) is 60.3 Å². The summed E-state index contributed by atoms with van der Waals surface area (Å²) < 4.78 is 5.59. The van der Waals surface area contributed by atoms with E-state index in [0.29, 0.717) is 35.6 Å². The largest absolute Gasteiger partial charge is 0.377 e. The van der Waals surface area contributed by atoms with Crippen molar-refractivity contribution >= 4 is 29.0 Å². The van der Waals surface area contributed by atoms with E-state index in [1.165, 1.54) is 11.8 Å². The number of anilines is 1. The number of nitrogens with zero attached hydrogens (tertiary/aromatic N) is 2. The highest BCUT2D eigenvalue weighted by molar-refractivity contribution is 6.35. The predicted molar refractivity (Wildman–Crippen MR) is 128 cm³/mol. The van der Waals surface area contributed by atoms with Crippen LogP contribution in [-0.2, 0) is 25.7 Å². The van der Waals surface area contributed by atoms with Crippen LogP contribution < -0.4 is 5.32 Å². The fourth-order valence-corrected chi connectivity index (χ4v) is 3.78. The lowest BCUT2D eigenvalue weighted by Crippen LogP contribution is -2.37. The van der Waals surface area contributed by atoms with E-state index in [2.05, 4.69) is 5.32 Å². The van der Waals surface area contributed by atoms with Crippen LogP contribution in [0.25, 0.3) is 5.57 Å². The summed E-state index contributed by atoms with van der Waals surface area (Å²) in [4.78, 5) is 41.5. The standard InChI is InChI=1S/C26H31N3O4/c1-5-28(17-20-9-7-6-8-10-20)24-23(21-11-13-22(14-12-21)27-19(4)30)25(31)29(26(24)32)15-16-33-18(2)3/h6-14,18H,5,15-17H2,1-4H3,(H,27,30). The Labute approximate surface area is 195 Å². The SMILES string of the molecule is CCN(Cc1ccccc1)C1=C(c2ccc(NC(C)=O)cc2)C(=O)N(CCOC(C)C)C1=O. The van der Waals surface area contributed by atoms with Crippen LogP contribution in [-0.4, -0.2) is 53.3 Å². The average molecular weight is 450 g/mol. The highest BCUT2D eigenvalue weighted by Gasteiger charge is 2.41. The van der Waals surface area contributed by atoms with Gasteiger partial charge in [0.25, 0.3) is 11.8 Å². The zero-order valence-corrected chi connectivity index (χ0v) is 19.6. The molecule has 0 aliphatic carbocycles. The van der Waals surface area contributed by atoms with Crippen molar-refractivity contribution in [3.8, 4) is 0 Å². The Balaban J connectivity index is 1.98. The number of carbonyl (C=O) groups is 3. The first-order valence-electron chi connectivity index (χ1n) is 11.2. The molecule has 2 aromatic carbocycles. The zero-order chi connectivity index (χ0) is 24.0. The van der Waals surface area contributed by atoms with E-state index in [1.807, 2.05) is 56.0 Å². The number of likely N-dealkylation sites (N-methyl/N-ethyl adjacent to an activating group) is 1. The molecule has 0 saturated heterocycles. The summed E-state index contributed by atoms with van der Waals surface area (Å²) in [6, 6.07) is 16.8. The van der Waals surface area contributed by atoms with Crippen molar-refractivity contribution in [3.63, 3.8) is 0 Å². The van der Waals surface area contributed by atoms with Crippen LogP contribution in [0, 0.1) is 0 Å². The summed E-state index contributed by atoms with van der Waals surface area (Å²) in [7, 11) is 0. The monoisotopic (exact) mass is 449 g/mol. The number of benzene rings is 2. The van der Waals surface area contributed by atoms with Gasteiger partial charge < -0.3 is 15.0 Å². The summed E-state index contributed by atoms with van der Waals surface area (Å²) in [6.45, 7) is 8.78. The fraction of sp³-hybridized carbons (Fsp3) is 0.346. The van der Waals surface area contributed by atoms with Gasteiger partial charge in [-0.2, -0.15) is 0 Å². The number of rotatable bonds is 10. The lowest BCUT2D eigenvalue weighted by Gasteiger charge is -2.25. The molecule has 0 atom stereocenters. The molecule has 0 unspecified atom stereocenters. The smallest absolute Gasteiger partial charge is 0.277 e. The molecule has 1 heterocycles. The molecule has 1 aliphatic rings. The van der Waals surface area contributed by atoms with Crippen LogP contribution >= 0.6 is 0 Å². The van der Waals surface area contributed by atoms with Gasteiger partial charge in [0, 0.05) is 25.7 Å². The van der Waals surface area contributed by atoms with Crippen LogP contribution in [0.5, 0.6) is 0 Å². The van der Waals surface area contributed by atoms with Crippen molar-refractivity contribution < 1.29 is 19.1 Å². The molecule has 0 radical (unpaired) electrons. The molecule has 0 aromatic heterocycles. The number of carbonyl (C=O) groups excluding carboxylic acids is 3. The Bertz CT molecular complexity index is 1030. The van der Waals surface area contributed by atoms with Crippen LogP contribution in [0.1, 0.15) is 38.8 Å². The van der Waals surface area contributed by atoms with Gasteiger partial charge >= 0.3 is 0 Å². The second-order valence-electron chi connectivity index (χ2n) is 8.16. The molecule has 3 amide bonds. The lowest BCUT2D eigenvalue weighted by molar-refractivity contribution is -0.138. The summed E-state index contributed by atoms with van der Waals surface area (Å²) in [6.07, 6.45) is 0.0104. The highest BCUT2D eigenvalue weighted by Crippen LogP contribution is 2.33. The van der Waals surface area contributed by atoms with E-state index in [9.17, 15) is 14.4 Å². The molecule has 7 nitrogen and oxygen atoms in total. The maximum Gasteiger partial charge on any atom is 0.277 e. The summed E-state index contributed by atoms with van der Waals surface area (Å²) in [5.74, 6) is -0.821. The van der Waals surface area contributed by atoms with Gasteiger partial charge in [-0.3, -0.25) is 19.3 Å². The maximum absolute atomic E-state index is 13.5. The maximum atomic E-state index is 13.5. The van der Waals surface area contributed by atoms with E-state index in [0.717, 1.165) is 5.56 Å². The zero-order valence-electron chi connectivity index (χ0n) is 19.6. The minimum absolute atomic E-state index is 0.0104. The van der Waals surface area contributed by atoms with Gasteiger partial charge in [0.15, 0.2) is 0 Å². The van der Waals surface area contributed by atoms with Crippen molar-refractivity contribution in [2.75, 3.05) is 25.0 Å². The van der Waals surface area contributed by atoms with Crippen molar-refractivity contribution in [1.82, 2.24) is 9.80 Å². The number of nitrogens with one attached hydrogen (secondary N) is 1. The summed E-state index contributed by atoms with van der Waals surface area (Å²) in [5.41, 5.74) is 3.08. The second kappa shape index (κ2) is 10.9. The molecule has 174 valence electrons. The molecule has 0 bridgehead atoms. The quantitative estimate of drug-likeness (QED) is 0.560. The molecule has 0 fully saturated rings. The molecule has 2 aromatic rings. The van der Waals surface area contributed by atoms with Gasteiger partial charge in [-0.15, -0.1) is 0 Å². The Hall–Kier alpha value is -3.45. The third kappa shape index (κ3) is 5.87. The van der Waals surface area contributed by atoms with Crippen molar-refractivity contribution in [2.45, 2.75) is 40.3 Å². The number of ether oxygens (including phenoxy) is 1. The second-order valence-corrected chi connectivity index (χ2v) is 8.16. The van der Waals surface area contributed by atoms with Crippen LogP contribution in [0.3, 0.4) is 0 Å². The minimum Gasteiger partial charge on any atom is -0.377 e. The third-order valence-electron chi connectivity index (χ3n) is 5.32. The summed E-state index contributed by atoms with van der Waals surface area (Å²) >= 11 is 0. The molecule has 3 rings (SSSR count). The molecule has 0 saturated carbocycles. The van der Waals surface area contributed by atoms with Crippen molar-refractivity contribution in [1.29, 1.82) is 0 Å². The predicted octanol–water partition coefficient (Wildman–Crippen LogP) is 3.67. The molecular formula is C26H31N3O4. The van der Waals surface area contributed by atoms with Gasteiger partial charge in [0.1, 0.15) is 5.70 Å². The van der Waals surface area contributed by atoms with Gasteiger partial charge in [-0.25, -0.2) is 0 Å². The van der Waals surface area contributed by atoms with E-state index in [4.69, 9.17) is 4.74 Å². The van der Waals surface area contributed by atoms with Gasteiger partial charge in [0.2, 0.25) is 5.91 Å².